The second kappa shape index (κ2) is 6.65. The van der Waals surface area contributed by atoms with Crippen LogP contribution in [0, 0.1) is 0 Å². The van der Waals surface area contributed by atoms with Crippen LogP contribution < -0.4 is 4.90 Å². The van der Waals surface area contributed by atoms with E-state index in [1.807, 2.05) is 22.7 Å². The Kier molecular flexibility index (Phi) is 4.21. The number of nitrogens with zero attached hydrogens (tertiary/aromatic N) is 5. The summed E-state index contributed by atoms with van der Waals surface area (Å²) in [6.45, 7) is 8.25. The third-order valence-corrected chi connectivity index (χ3v) is 4.71. The average molecular weight is 325 g/mol. The first-order valence-corrected chi connectivity index (χ1v) is 8.64. The molecule has 0 amide bonds. The molecule has 2 aliphatic heterocycles. The Morgan fingerprint density at radius 3 is 2.96 bits per heavy atom. The molecule has 2 aliphatic rings. The molecule has 126 valence electrons. The van der Waals surface area contributed by atoms with Crippen LogP contribution in [0.15, 0.2) is 36.9 Å². The molecule has 1 fully saturated rings. The molecule has 0 saturated carbocycles. The smallest absolute Gasteiger partial charge is 0.236 e. The molecule has 0 atom stereocenters. The minimum Gasteiger partial charge on any atom is -0.496 e. The lowest BCUT2D eigenvalue weighted by Crippen LogP contribution is -2.31. The van der Waals surface area contributed by atoms with Crippen molar-refractivity contribution in [3.05, 3.63) is 42.6 Å². The second-order valence-electron chi connectivity index (χ2n) is 6.23. The number of imidazole rings is 1. The van der Waals surface area contributed by atoms with Crippen LogP contribution in [0.5, 0.6) is 0 Å². The molecule has 0 unspecified atom stereocenters. The van der Waals surface area contributed by atoms with Crippen molar-refractivity contribution >= 4 is 17.2 Å². The molecule has 4 heterocycles. The van der Waals surface area contributed by atoms with Gasteiger partial charge in [-0.15, -0.1) is 0 Å². The van der Waals surface area contributed by atoms with E-state index in [0.717, 1.165) is 49.0 Å². The maximum Gasteiger partial charge on any atom is 0.236 e. The fourth-order valence-electron chi connectivity index (χ4n) is 3.27. The molecule has 4 rings (SSSR count). The summed E-state index contributed by atoms with van der Waals surface area (Å²) in [5.41, 5.74) is 2.01. The summed E-state index contributed by atoms with van der Waals surface area (Å²) in [5.74, 6) is 1.76. The molecule has 0 radical (unpaired) electrons. The molecule has 0 aromatic carbocycles. The summed E-state index contributed by atoms with van der Waals surface area (Å²) in [7, 11) is 0. The standard InChI is InChI=1S/C18H23N5O/c1-2-21-7-4-8-22(11-10-21)17-6-9-23-13-16(19-18(23)20-17)15-5-3-12-24-14-15/h3,5-6,9,12-13H,2,4,7-8,10-11,14H2,1H3. The molecule has 24 heavy (non-hydrogen) atoms. The van der Waals surface area contributed by atoms with Gasteiger partial charge in [0.25, 0.3) is 0 Å². The lowest BCUT2D eigenvalue weighted by molar-refractivity contribution is 0.292. The number of aromatic nitrogens is 3. The molecule has 2 aromatic rings. The van der Waals surface area contributed by atoms with Gasteiger partial charge < -0.3 is 14.5 Å². The summed E-state index contributed by atoms with van der Waals surface area (Å²) in [6, 6.07) is 2.09. The first kappa shape index (κ1) is 15.2. The van der Waals surface area contributed by atoms with E-state index in [9.17, 15) is 0 Å². The topological polar surface area (TPSA) is 45.9 Å². The molecule has 1 saturated heterocycles. The number of ether oxygens (including phenoxy) is 1. The van der Waals surface area contributed by atoms with E-state index >= 15 is 0 Å². The molecule has 0 bridgehead atoms. The van der Waals surface area contributed by atoms with Crippen LogP contribution in [-0.2, 0) is 4.74 Å². The van der Waals surface area contributed by atoms with Crippen LogP contribution in [0.1, 0.15) is 19.0 Å². The Balaban J connectivity index is 1.59. The highest BCUT2D eigenvalue weighted by Crippen LogP contribution is 2.20. The zero-order valence-electron chi connectivity index (χ0n) is 14.1. The van der Waals surface area contributed by atoms with Gasteiger partial charge in [-0.05, 0) is 31.7 Å². The third kappa shape index (κ3) is 3.01. The fraction of sp³-hybridized carbons (Fsp3) is 0.444. The van der Waals surface area contributed by atoms with Gasteiger partial charge in [-0.2, -0.15) is 4.98 Å². The van der Waals surface area contributed by atoms with Gasteiger partial charge in [0.05, 0.1) is 12.0 Å². The van der Waals surface area contributed by atoms with E-state index in [-0.39, 0.29) is 0 Å². The molecular formula is C18H23N5O. The summed E-state index contributed by atoms with van der Waals surface area (Å²) in [5, 5.41) is 0. The van der Waals surface area contributed by atoms with Gasteiger partial charge in [0, 0.05) is 37.6 Å². The monoisotopic (exact) mass is 325 g/mol. The predicted molar refractivity (Wildman–Crippen MR) is 95.0 cm³/mol. The molecule has 0 aliphatic carbocycles. The first-order chi connectivity index (χ1) is 11.8. The fourth-order valence-corrected chi connectivity index (χ4v) is 3.27. The highest BCUT2D eigenvalue weighted by Gasteiger charge is 2.16. The van der Waals surface area contributed by atoms with E-state index in [2.05, 4.69) is 34.0 Å². The Morgan fingerprint density at radius 1 is 1.17 bits per heavy atom. The van der Waals surface area contributed by atoms with Crippen molar-refractivity contribution in [2.75, 3.05) is 44.2 Å². The Morgan fingerprint density at radius 2 is 2.12 bits per heavy atom. The molecule has 6 heteroatoms. The van der Waals surface area contributed by atoms with Gasteiger partial charge in [0.1, 0.15) is 12.4 Å². The minimum absolute atomic E-state index is 0.562. The maximum atomic E-state index is 5.35. The first-order valence-electron chi connectivity index (χ1n) is 8.64. The van der Waals surface area contributed by atoms with Crippen molar-refractivity contribution in [2.24, 2.45) is 0 Å². The Hall–Kier alpha value is -2.34. The number of hydrogen-bond acceptors (Lipinski definition) is 5. The van der Waals surface area contributed by atoms with Crippen molar-refractivity contribution in [3.8, 4) is 0 Å². The summed E-state index contributed by atoms with van der Waals surface area (Å²) >= 11 is 0. The Bertz CT molecular complexity index is 779. The third-order valence-electron chi connectivity index (χ3n) is 4.71. The minimum atomic E-state index is 0.562. The second-order valence-corrected chi connectivity index (χ2v) is 6.23. The van der Waals surface area contributed by atoms with Crippen LogP contribution in [0.4, 0.5) is 5.82 Å². The number of allylic oxidation sites excluding steroid dienone is 2. The van der Waals surface area contributed by atoms with Gasteiger partial charge in [-0.1, -0.05) is 13.0 Å². The molecule has 0 N–H and O–H groups in total. The predicted octanol–water partition coefficient (Wildman–Crippen LogP) is 2.19. The highest BCUT2D eigenvalue weighted by atomic mass is 16.5. The van der Waals surface area contributed by atoms with E-state index in [1.54, 1.807) is 6.26 Å². The van der Waals surface area contributed by atoms with Crippen molar-refractivity contribution < 1.29 is 4.74 Å². The van der Waals surface area contributed by atoms with Crippen LogP contribution in [0.25, 0.3) is 11.4 Å². The number of hydrogen-bond donors (Lipinski definition) is 0. The molecule has 6 nitrogen and oxygen atoms in total. The SMILES string of the molecule is CCN1CCCN(c2ccn3cc(C4=CC=COC4)nc3n2)CC1. The lowest BCUT2D eigenvalue weighted by atomic mass is 10.2. The van der Waals surface area contributed by atoms with E-state index in [0.29, 0.717) is 6.61 Å². The van der Waals surface area contributed by atoms with Crippen molar-refractivity contribution in [3.63, 3.8) is 0 Å². The van der Waals surface area contributed by atoms with Crippen LogP contribution in [-0.4, -0.2) is 58.6 Å². The molecule has 0 spiro atoms. The molecular weight excluding hydrogens is 302 g/mol. The van der Waals surface area contributed by atoms with Crippen LogP contribution in [0.2, 0.25) is 0 Å². The average Bonchev–Trinajstić information content (AvgIpc) is 2.91. The molecule has 2 aromatic heterocycles. The Labute approximate surface area is 142 Å². The van der Waals surface area contributed by atoms with Gasteiger partial charge in [-0.25, -0.2) is 4.98 Å². The highest BCUT2D eigenvalue weighted by molar-refractivity contribution is 5.67. The van der Waals surface area contributed by atoms with E-state index in [1.165, 1.54) is 13.0 Å². The lowest BCUT2D eigenvalue weighted by Gasteiger charge is -2.22. The summed E-state index contributed by atoms with van der Waals surface area (Å²) in [6.07, 6.45) is 10.9. The van der Waals surface area contributed by atoms with Crippen molar-refractivity contribution in [1.29, 1.82) is 0 Å². The van der Waals surface area contributed by atoms with E-state index < -0.39 is 0 Å². The van der Waals surface area contributed by atoms with Gasteiger partial charge in [0.15, 0.2) is 0 Å². The van der Waals surface area contributed by atoms with Crippen LogP contribution in [0.3, 0.4) is 0 Å². The number of anilines is 1. The maximum absolute atomic E-state index is 5.35. The zero-order chi connectivity index (χ0) is 16.4. The van der Waals surface area contributed by atoms with Gasteiger partial charge in [-0.3, -0.25) is 4.40 Å². The summed E-state index contributed by atoms with van der Waals surface area (Å²) < 4.78 is 7.33. The quantitative estimate of drug-likeness (QED) is 0.866. The van der Waals surface area contributed by atoms with Crippen molar-refractivity contribution in [2.45, 2.75) is 13.3 Å². The number of rotatable bonds is 3. The zero-order valence-corrected chi connectivity index (χ0v) is 14.1. The summed E-state index contributed by atoms with van der Waals surface area (Å²) in [4.78, 5) is 14.3. The van der Waals surface area contributed by atoms with Crippen molar-refractivity contribution in [1.82, 2.24) is 19.3 Å². The van der Waals surface area contributed by atoms with Gasteiger partial charge in [0.2, 0.25) is 5.78 Å². The largest absolute Gasteiger partial charge is 0.496 e. The number of likely N-dealkylation sites (N-methyl/N-ethyl adjacent to an activating group) is 1. The van der Waals surface area contributed by atoms with E-state index in [4.69, 9.17) is 9.72 Å². The van der Waals surface area contributed by atoms with Crippen LogP contribution >= 0.6 is 0 Å². The normalized spacial score (nSPS) is 19.2. The number of fused-ring (bicyclic) bond motifs is 1. The van der Waals surface area contributed by atoms with Gasteiger partial charge >= 0.3 is 0 Å².